The highest BCUT2D eigenvalue weighted by atomic mass is 16.3. The number of β-amino-alcohol motifs (C(OH)–C–C–N with tert-alkyl or cyclic N) is 1. The second kappa shape index (κ2) is 5.98. The van der Waals surface area contributed by atoms with Crippen molar-refractivity contribution in [3.8, 4) is 0 Å². The number of aliphatic hydroxyl groups excluding tert-OH is 1. The van der Waals surface area contributed by atoms with Gasteiger partial charge >= 0.3 is 0 Å². The topological polar surface area (TPSA) is 43.8 Å². The highest BCUT2D eigenvalue weighted by Crippen LogP contribution is 2.08. The van der Waals surface area contributed by atoms with Gasteiger partial charge in [0, 0.05) is 38.3 Å². The summed E-state index contributed by atoms with van der Waals surface area (Å²) < 4.78 is 0. The van der Waals surface area contributed by atoms with Crippen LogP contribution in [-0.2, 0) is 0 Å². The molecule has 0 radical (unpaired) electrons. The zero-order valence-electron chi connectivity index (χ0n) is 10.7. The minimum absolute atomic E-state index is 0.104. The third kappa shape index (κ3) is 3.31. The van der Waals surface area contributed by atoms with Gasteiger partial charge in [-0.15, -0.1) is 0 Å². The van der Waals surface area contributed by atoms with Crippen molar-refractivity contribution < 1.29 is 9.90 Å². The fourth-order valence-corrected chi connectivity index (χ4v) is 2.27. The van der Waals surface area contributed by atoms with Gasteiger partial charge in [-0.2, -0.15) is 0 Å². The van der Waals surface area contributed by atoms with Gasteiger partial charge in [0.05, 0.1) is 6.10 Å². The Kier molecular flexibility index (Phi) is 4.33. The molecule has 0 bridgehead atoms. The van der Waals surface area contributed by atoms with Crippen LogP contribution in [0.15, 0.2) is 30.3 Å². The van der Waals surface area contributed by atoms with Gasteiger partial charge in [-0.05, 0) is 19.1 Å². The zero-order chi connectivity index (χ0) is 13.0. The van der Waals surface area contributed by atoms with E-state index in [0.717, 1.165) is 31.7 Å². The summed E-state index contributed by atoms with van der Waals surface area (Å²) in [6.45, 7) is 5.63. The summed E-state index contributed by atoms with van der Waals surface area (Å²) in [5.41, 5.74) is 0.751. The van der Waals surface area contributed by atoms with Crippen LogP contribution in [0.3, 0.4) is 0 Å². The molecule has 1 unspecified atom stereocenters. The third-order valence-electron chi connectivity index (χ3n) is 3.20. The van der Waals surface area contributed by atoms with Crippen molar-refractivity contribution in [2.45, 2.75) is 13.0 Å². The normalized spacial score (nSPS) is 18.7. The van der Waals surface area contributed by atoms with Crippen LogP contribution in [0.2, 0.25) is 0 Å². The molecule has 18 heavy (non-hydrogen) atoms. The standard InChI is InChI=1S/C14H20N2O2/c1-12(17)11-15-7-9-16(10-8-15)14(18)13-5-3-2-4-6-13/h2-6,12,17H,7-11H2,1H3. The number of benzene rings is 1. The number of hydrogen-bond donors (Lipinski definition) is 1. The maximum atomic E-state index is 12.2. The molecule has 1 heterocycles. The van der Waals surface area contributed by atoms with Crippen LogP contribution in [0.25, 0.3) is 0 Å². The number of rotatable bonds is 3. The van der Waals surface area contributed by atoms with Crippen LogP contribution in [0.5, 0.6) is 0 Å². The monoisotopic (exact) mass is 248 g/mol. The fourth-order valence-electron chi connectivity index (χ4n) is 2.27. The highest BCUT2D eigenvalue weighted by Gasteiger charge is 2.22. The molecule has 1 amide bonds. The van der Waals surface area contributed by atoms with E-state index in [0.29, 0.717) is 6.54 Å². The molecule has 4 nitrogen and oxygen atoms in total. The molecule has 4 heteroatoms. The van der Waals surface area contributed by atoms with Crippen LogP contribution < -0.4 is 0 Å². The Hall–Kier alpha value is -1.39. The average molecular weight is 248 g/mol. The first-order valence-corrected chi connectivity index (χ1v) is 6.41. The first-order chi connectivity index (χ1) is 8.66. The Morgan fingerprint density at radius 1 is 1.22 bits per heavy atom. The number of nitrogens with zero attached hydrogens (tertiary/aromatic N) is 2. The van der Waals surface area contributed by atoms with Crippen LogP contribution in [0.4, 0.5) is 0 Å². The fraction of sp³-hybridized carbons (Fsp3) is 0.500. The summed E-state index contributed by atoms with van der Waals surface area (Å²) in [5.74, 6) is 0.104. The van der Waals surface area contributed by atoms with Gasteiger partial charge in [-0.1, -0.05) is 18.2 Å². The molecule has 1 saturated heterocycles. The van der Waals surface area contributed by atoms with Crippen LogP contribution >= 0.6 is 0 Å². The van der Waals surface area contributed by atoms with Crippen molar-refractivity contribution in [1.29, 1.82) is 0 Å². The quantitative estimate of drug-likeness (QED) is 0.861. The molecule has 1 aromatic carbocycles. The third-order valence-corrected chi connectivity index (χ3v) is 3.20. The van der Waals surface area contributed by atoms with Crippen LogP contribution in [0.1, 0.15) is 17.3 Å². The number of carbonyl (C=O) groups excluding carboxylic acids is 1. The molecule has 1 aliphatic rings. The van der Waals surface area contributed by atoms with E-state index in [1.54, 1.807) is 6.92 Å². The van der Waals surface area contributed by atoms with E-state index in [1.807, 2.05) is 35.2 Å². The Morgan fingerprint density at radius 3 is 2.39 bits per heavy atom. The minimum Gasteiger partial charge on any atom is -0.392 e. The maximum absolute atomic E-state index is 12.2. The second-order valence-electron chi connectivity index (χ2n) is 4.81. The number of piperazine rings is 1. The predicted molar refractivity (Wildman–Crippen MR) is 70.5 cm³/mol. The molecule has 1 N–H and O–H groups in total. The second-order valence-corrected chi connectivity index (χ2v) is 4.81. The SMILES string of the molecule is CC(O)CN1CCN(C(=O)c2ccccc2)CC1. The first-order valence-electron chi connectivity index (χ1n) is 6.41. The lowest BCUT2D eigenvalue weighted by atomic mass is 10.2. The number of hydrogen-bond acceptors (Lipinski definition) is 3. The Balaban J connectivity index is 1.88. The summed E-state index contributed by atoms with van der Waals surface area (Å²) in [6, 6.07) is 9.39. The summed E-state index contributed by atoms with van der Waals surface area (Å²) >= 11 is 0. The van der Waals surface area contributed by atoms with Gasteiger partial charge in [0.2, 0.25) is 0 Å². The largest absolute Gasteiger partial charge is 0.392 e. The first kappa shape index (κ1) is 13.1. The molecule has 1 aromatic rings. The lowest BCUT2D eigenvalue weighted by Crippen LogP contribution is -2.50. The summed E-state index contributed by atoms with van der Waals surface area (Å²) in [6.07, 6.45) is -0.304. The van der Waals surface area contributed by atoms with E-state index >= 15 is 0 Å². The van der Waals surface area contributed by atoms with E-state index in [2.05, 4.69) is 4.90 Å². The lowest BCUT2D eigenvalue weighted by molar-refractivity contribution is 0.0554. The molecule has 1 aliphatic heterocycles. The number of aliphatic hydroxyl groups is 1. The number of carbonyl (C=O) groups is 1. The molecular formula is C14H20N2O2. The van der Waals surface area contributed by atoms with Gasteiger partial charge in [-0.3, -0.25) is 9.69 Å². The van der Waals surface area contributed by atoms with E-state index in [1.165, 1.54) is 0 Å². The lowest BCUT2D eigenvalue weighted by Gasteiger charge is -2.35. The van der Waals surface area contributed by atoms with Crippen molar-refractivity contribution >= 4 is 5.91 Å². The van der Waals surface area contributed by atoms with Crippen molar-refractivity contribution in [3.63, 3.8) is 0 Å². The molecule has 0 saturated carbocycles. The van der Waals surface area contributed by atoms with Gasteiger partial charge in [0.25, 0.3) is 5.91 Å². The molecule has 0 spiro atoms. The van der Waals surface area contributed by atoms with Gasteiger partial charge in [0.15, 0.2) is 0 Å². The van der Waals surface area contributed by atoms with Crippen LogP contribution in [-0.4, -0.2) is 59.6 Å². The van der Waals surface area contributed by atoms with Crippen molar-refractivity contribution in [1.82, 2.24) is 9.80 Å². The minimum atomic E-state index is -0.304. The van der Waals surface area contributed by atoms with Crippen molar-refractivity contribution in [2.24, 2.45) is 0 Å². The van der Waals surface area contributed by atoms with Crippen molar-refractivity contribution in [3.05, 3.63) is 35.9 Å². The molecule has 1 atom stereocenters. The number of amides is 1. The summed E-state index contributed by atoms with van der Waals surface area (Å²) in [4.78, 5) is 16.3. The van der Waals surface area contributed by atoms with Gasteiger partial charge in [-0.25, -0.2) is 0 Å². The van der Waals surface area contributed by atoms with Crippen LogP contribution in [0, 0.1) is 0 Å². The Morgan fingerprint density at radius 2 is 1.83 bits per heavy atom. The van der Waals surface area contributed by atoms with E-state index in [4.69, 9.17) is 0 Å². The molecule has 1 fully saturated rings. The van der Waals surface area contributed by atoms with Gasteiger partial charge in [0.1, 0.15) is 0 Å². The summed E-state index contributed by atoms with van der Waals surface area (Å²) in [7, 11) is 0. The van der Waals surface area contributed by atoms with Crippen molar-refractivity contribution in [2.75, 3.05) is 32.7 Å². The van der Waals surface area contributed by atoms with E-state index < -0.39 is 0 Å². The smallest absolute Gasteiger partial charge is 0.253 e. The summed E-state index contributed by atoms with van der Waals surface area (Å²) in [5, 5.41) is 9.34. The predicted octanol–water partition coefficient (Wildman–Crippen LogP) is 0.825. The molecule has 2 rings (SSSR count). The highest BCUT2D eigenvalue weighted by molar-refractivity contribution is 5.94. The van der Waals surface area contributed by atoms with Gasteiger partial charge < -0.3 is 10.0 Å². The molecule has 0 aromatic heterocycles. The molecule has 98 valence electrons. The Bertz CT molecular complexity index is 384. The average Bonchev–Trinajstić information content (AvgIpc) is 2.39. The molecule has 0 aliphatic carbocycles. The maximum Gasteiger partial charge on any atom is 0.253 e. The van der Waals surface area contributed by atoms with E-state index in [-0.39, 0.29) is 12.0 Å². The zero-order valence-corrected chi connectivity index (χ0v) is 10.7. The Labute approximate surface area is 108 Å². The molecular weight excluding hydrogens is 228 g/mol. The van der Waals surface area contributed by atoms with E-state index in [9.17, 15) is 9.90 Å².